The van der Waals surface area contributed by atoms with E-state index in [1.54, 1.807) is 14.1 Å². The Morgan fingerprint density at radius 1 is 1.33 bits per heavy atom. The molecule has 0 heterocycles. The van der Waals surface area contributed by atoms with Crippen LogP contribution in [0.25, 0.3) is 0 Å². The Labute approximate surface area is 177 Å². The number of rotatable bonds is 7. The normalized spacial score (nSPS) is 16.1. The topological polar surface area (TPSA) is 56.7 Å². The molecule has 0 radical (unpaired) electrons. The summed E-state index contributed by atoms with van der Waals surface area (Å²) in [7, 11) is 3.37. The number of guanidine groups is 1. The van der Waals surface area contributed by atoms with E-state index < -0.39 is 11.6 Å². The molecule has 1 unspecified atom stereocenters. The van der Waals surface area contributed by atoms with Gasteiger partial charge in [-0.2, -0.15) is 0 Å². The van der Waals surface area contributed by atoms with Crippen molar-refractivity contribution in [1.29, 1.82) is 0 Å². The monoisotopic (exact) mass is 494 g/mol. The largest absolute Gasteiger partial charge is 0.355 e. The molecule has 1 aromatic carbocycles. The third-order valence-corrected chi connectivity index (χ3v) is 4.82. The van der Waals surface area contributed by atoms with Crippen molar-refractivity contribution in [2.75, 3.05) is 27.2 Å². The number of nitrogens with one attached hydrogen (secondary N) is 2. The Kier molecular flexibility index (Phi) is 8.90. The fraction of sp³-hybridized carbons (Fsp3) is 0.579. The van der Waals surface area contributed by atoms with Crippen molar-refractivity contribution in [3.63, 3.8) is 0 Å². The first-order valence-electron chi connectivity index (χ1n) is 8.98. The molecular formula is C19H29F2IN4O. The molecule has 152 valence electrons. The summed E-state index contributed by atoms with van der Waals surface area (Å²) in [6, 6.07) is 3.93. The molecule has 1 aliphatic carbocycles. The summed E-state index contributed by atoms with van der Waals surface area (Å²) in [5.41, 5.74) is 0.181. The maximum absolute atomic E-state index is 14.2. The van der Waals surface area contributed by atoms with E-state index in [-0.39, 0.29) is 47.9 Å². The van der Waals surface area contributed by atoms with Crippen LogP contribution in [0.3, 0.4) is 0 Å². The van der Waals surface area contributed by atoms with Crippen molar-refractivity contribution >= 4 is 35.8 Å². The maximum Gasteiger partial charge on any atom is 0.243 e. The number of nitrogens with zero attached hydrogens (tertiary/aromatic N) is 2. The lowest BCUT2D eigenvalue weighted by atomic mass is 9.95. The molecule has 1 aliphatic rings. The number of benzene rings is 1. The molecule has 0 aromatic heterocycles. The number of aliphatic imine (C=N–C) groups is 1. The van der Waals surface area contributed by atoms with E-state index in [1.807, 2.05) is 6.92 Å². The van der Waals surface area contributed by atoms with Crippen molar-refractivity contribution in [3.05, 3.63) is 35.4 Å². The molecule has 0 bridgehead atoms. The van der Waals surface area contributed by atoms with Gasteiger partial charge in [0.05, 0.1) is 0 Å². The van der Waals surface area contributed by atoms with Gasteiger partial charge in [-0.15, -0.1) is 24.0 Å². The molecule has 8 heteroatoms. The quantitative estimate of drug-likeness (QED) is 0.348. The van der Waals surface area contributed by atoms with Gasteiger partial charge in [0.15, 0.2) is 5.96 Å². The highest BCUT2D eigenvalue weighted by Gasteiger charge is 2.46. The van der Waals surface area contributed by atoms with Crippen LogP contribution in [-0.2, 0) is 10.2 Å². The molecule has 1 amide bonds. The lowest BCUT2D eigenvalue weighted by molar-refractivity contribution is -0.127. The maximum atomic E-state index is 14.2. The second kappa shape index (κ2) is 10.2. The van der Waals surface area contributed by atoms with Crippen LogP contribution in [-0.4, -0.2) is 50.0 Å². The van der Waals surface area contributed by atoms with E-state index in [1.165, 1.54) is 17.0 Å². The predicted molar refractivity (Wildman–Crippen MR) is 115 cm³/mol. The van der Waals surface area contributed by atoms with Crippen LogP contribution in [0.1, 0.15) is 38.7 Å². The smallest absolute Gasteiger partial charge is 0.243 e. The summed E-state index contributed by atoms with van der Waals surface area (Å²) in [5.74, 6) is -0.650. The number of halogens is 3. The molecule has 0 aliphatic heterocycles. The van der Waals surface area contributed by atoms with E-state index in [4.69, 9.17) is 0 Å². The van der Waals surface area contributed by atoms with Crippen LogP contribution in [0.2, 0.25) is 0 Å². The van der Waals surface area contributed by atoms with Gasteiger partial charge < -0.3 is 15.5 Å². The highest BCUT2D eigenvalue weighted by molar-refractivity contribution is 14.0. The molecule has 5 nitrogen and oxygen atoms in total. The van der Waals surface area contributed by atoms with Crippen LogP contribution < -0.4 is 10.6 Å². The predicted octanol–water partition coefficient (Wildman–Crippen LogP) is 3.04. The highest BCUT2D eigenvalue weighted by Crippen LogP contribution is 2.48. The van der Waals surface area contributed by atoms with E-state index in [0.29, 0.717) is 18.1 Å². The summed E-state index contributed by atoms with van der Waals surface area (Å²) in [6.07, 6.45) is 2.56. The average molecular weight is 494 g/mol. The molecule has 1 fully saturated rings. The van der Waals surface area contributed by atoms with Gasteiger partial charge in [-0.3, -0.25) is 4.79 Å². The van der Waals surface area contributed by atoms with Crippen molar-refractivity contribution in [3.8, 4) is 0 Å². The van der Waals surface area contributed by atoms with Gasteiger partial charge in [0.2, 0.25) is 5.91 Å². The minimum Gasteiger partial charge on any atom is -0.355 e. The standard InChI is InChI=1S/C19H28F2N4O.HI/c1-5-13(2)24-18(22-11-17(26)25(3)4)23-12-19(8-9-19)15-7-6-14(20)10-16(15)21;/h6-7,10,13H,5,8-9,11-12H2,1-4H3,(H2,22,23,24);1H. The summed E-state index contributed by atoms with van der Waals surface area (Å²) in [5, 5.41) is 6.48. The second-order valence-electron chi connectivity index (χ2n) is 7.16. The molecule has 0 saturated heterocycles. The van der Waals surface area contributed by atoms with E-state index in [0.717, 1.165) is 25.3 Å². The third kappa shape index (κ3) is 6.58. The number of carbonyl (C=O) groups excluding carboxylic acids is 1. The van der Waals surface area contributed by atoms with Gasteiger partial charge in [0.25, 0.3) is 0 Å². The zero-order chi connectivity index (χ0) is 19.3. The third-order valence-electron chi connectivity index (χ3n) is 4.82. The van der Waals surface area contributed by atoms with Crippen LogP contribution >= 0.6 is 24.0 Å². The van der Waals surface area contributed by atoms with Gasteiger partial charge >= 0.3 is 0 Å². The SMILES string of the molecule is CCC(C)NC(=NCC(=O)N(C)C)NCC1(c2ccc(F)cc2F)CC1.I. The van der Waals surface area contributed by atoms with Crippen molar-refractivity contribution < 1.29 is 13.6 Å². The van der Waals surface area contributed by atoms with Gasteiger partial charge in [-0.05, 0) is 37.8 Å². The molecule has 27 heavy (non-hydrogen) atoms. The highest BCUT2D eigenvalue weighted by atomic mass is 127. The molecular weight excluding hydrogens is 465 g/mol. The number of amides is 1. The van der Waals surface area contributed by atoms with Crippen molar-refractivity contribution in [1.82, 2.24) is 15.5 Å². The number of hydrogen-bond donors (Lipinski definition) is 2. The lowest BCUT2D eigenvalue weighted by Gasteiger charge is -2.22. The van der Waals surface area contributed by atoms with Crippen molar-refractivity contribution in [2.45, 2.75) is 44.6 Å². The summed E-state index contributed by atoms with van der Waals surface area (Å²) >= 11 is 0. The molecule has 0 spiro atoms. The molecule has 1 saturated carbocycles. The Hall–Kier alpha value is -1.45. The summed E-state index contributed by atoms with van der Waals surface area (Å²) < 4.78 is 27.3. The van der Waals surface area contributed by atoms with Crippen LogP contribution in [0.15, 0.2) is 23.2 Å². The van der Waals surface area contributed by atoms with E-state index in [2.05, 4.69) is 22.5 Å². The minimum atomic E-state index is -0.571. The first kappa shape index (κ1) is 23.6. The Morgan fingerprint density at radius 2 is 2.00 bits per heavy atom. The Balaban J connectivity index is 0.00000364. The first-order valence-corrected chi connectivity index (χ1v) is 8.98. The van der Waals surface area contributed by atoms with E-state index >= 15 is 0 Å². The van der Waals surface area contributed by atoms with Crippen molar-refractivity contribution in [2.24, 2.45) is 4.99 Å². The van der Waals surface area contributed by atoms with Crippen LogP contribution in [0, 0.1) is 11.6 Å². The van der Waals surface area contributed by atoms with Gasteiger partial charge in [0.1, 0.15) is 18.2 Å². The summed E-state index contributed by atoms with van der Waals surface area (Å²) in [4.78, 5) is 17.6. The molecule has 2 rings (SSSR count). The van der Waals surface area contributed by atoms with Gasteiger partial charge in [-0.25, -0.2) is 13.8 Å². The van der Waals surface area contributed by atoms with E-state index in [9.17, 15) is 13.6 Å². The first-order chi connectivity index (χ1) is 12.3. The minimum absolute atomic E-state index is 0. The Bertz CT molecular complexity index is 678. The fourth-order valence-electron chi connectivity index (χ4n) is 2.64. The number of likely N-dealkylation sites (N-methyl/N-ethyl adjacent to an activating group) is 1. The number of carbonyl (C=O) groups is 1. The van der Waals surface area contributed by atoms with Crippen LogP contribution in [0.4, 0.5) is 8.78 Å². The van der Waals surface area contributed by atoms with Gasteiger partial charge in [-0.1, -0.05) is 13.0 Å². The molecule has 1 atom stereocenters. The average Bonchev–Trinajstić information content (AvgIpc) is 3.37. The summed E-state index contributed by atoms with van der Waals surface area (Å²) in [6.45, 7) is 4.60. The Morgan fingerprint density at radius 3 is 2.52 bits per heavy atom. The zero-order valence-electron chi connectivity index (χ0n) is 16.3. The number of hydrogen-bond acceptors (Lipinski definition) is 2. The van der Waals surface area contributed by atoms with Gasteiger partial charge in [0, 0.05) is 38.2 Å². The second-order valence-corrected chi connectivity index (χ2v) is 7.16. The lowest BCUT2D eigenvalue weighted by Crippen LogP contribution is -2.45. The fourth-order valence-corrected chi connectivity index (χ4v) is 2.64. The molecule has 1 aromatic rings. The zero-order valence-corrected chi connectivity index (χ0v) is 18.6. The van der Waals surface area contributed by atoms with Crippen LogP contribution in [0.5, 0.6) is 0 Å². The molecule has 2 N–H and O–H groups in total.